The number of ether oxygens (including phenoxy) is 2. The van der Waals surface area contributed by atoms with Gasteiger partial charge in [0, 0.05) is 65.0 Å². The van der Waals surface area contributed by atoms with Gasteiger partial charge < -0.3 is 45.8 Å². The van der Waals surface area contributed by atoms with Crippen molar-refractivity contribution in [2.45, 2.75) is 75.5 Å². The number of allylic oxidation sites excluding steroid dienone is 1. The number of fused-ring (bicyclic) bond motifs is 3. The van der Waals surface area contributed by atoms with Gasteiger partial charge >= 0.3 is 0 Å². The molecule has 4 aliphatic rings. The summed E-state index contributed by atoms with van der Waals surface area (Å²) in [4.78, 5) is 54.5. The van der Waals surface area contributed by atoms with Crippen molar-refractivity contribution in [1.82, 2.24) is 5.43 Å². The third-order valence-corrected chi connectivity index (χ3v) is 10.7. The molecule has 2 aliphatic carbocycles. The molecular weight excluding hydrogens is 728 g/mol. The number of hydrogen-bond acceptors (Lipinski definition) is 14. The predicted molar refractivity (Wildman–Crippen MR) is 198 cm³/mol. The van der Waals surface area contributed by atoms with Gasteiger partial charge in [-0.15, -0.1) is 0 Å². The summed E-state index contributed by atoms with van der Waals surface area (Å²) in [6.07, 6.45) is -2.61. The normalized spacial score (nSPS) is 25.9. The van der Waals surface area contributed by atoms with E-state index in [0.717, 1.165) is 0 Å². The minimum absolute atomic E-state index is 0.0317. The van der Waals surface area contributed by atoms with Crippen molar-refractivity contribution < 1.29 is 59.3 Å². The first-order valence-electron chi connectivity index (χ1n) is 17.8. The van der Waals surface area contributed by atoms with Gasteiger partial charge in [0.15, 0.2) is 17.9 Å². The Balaban J connectivity index is 1.22. The number of rotatable bonds is 9. The van der Waals surface area contributed by atoms with E-state index in [1.54, 1.807) is 37.3 Å². The second-order valence-electron chi connectivity index (χ2n) is 14.3. The summed E-state index contributed by atoms with van der Waals surface area (Å²) in [7, 11) is 0. The Kier molecular flexibility index (Phi) is 10.2. The van der Waals surface area contributed by atoms with Crippen LogP contribution in [0.3, 0.4) is 0 Å². The second-order valence-corrected chi connectivity index (χ2v) is 14.3. The van der Waals surface area contributed by atoms with Crippen LogP contribution in [0.2, 0.25) is 0 Å². The fourth-order valence-electron chi connectivity index (χ4n) is 7.83. The number of ketones is 2. The van der Waals surface area contributed by atoms with Gasteiger partial charge in [-0.25, -0.2) is 5.43 Å². The molecule has 2 heterocycles. The molecule has 2 amide bonds. The molecule has 56 heavy (non-hydrogen) atoms. The standard InChI is InChI=1S/C40H40N4O12/c1-18-6-11-29(48)44(18)22-9-7-20(8-10-22)12-28(47)43-42-27(17-46)40(54)14-24-32(26(15-40)56-30-13-25(41)35(49)19(2)55-30)39(53)34-33(37(24)51)36(50)23-5-3-4-21(16-45)31(23)38(34)52/h3-11,19,25-26,30,35,45-46,49,51,53-54H,1,12-17,41H2,2H3,(H,43,47)/b42-27+/t19?,25-,26+,30+,35+,40+/m1/s1. The van der Waals surface area contributed by atoms with E-state index < -0.39 is 102 Å². The maximum Gasteiger partial charge on any atom is 0.255 e. The van der Waals surface area contributed by atoms with Crippen molar-refractivity contribution in [3.63, 3.8) is 0 Å². The number of aliphatic hydroxyl groups excluding tert-OH is 3. The number of carbonyl (C=O) groups is 4. The number of nitrogens with two attached hydrogens (primary N) is 1. The highest BCUT2D eigenvalue weighted by atomic mass is 16.7. The van der Waals surface area contributed by atoms with E-state index in [9.17, 15) is 49.8 Å². The molecule has 0 spiro atoms. The third-order valence-electron chi connectivity index (χ3n) is 10.7. The number of phenols is 2. The topological polar surface area (TPSA) is 262 Å². The SMILES string of the molecule is C=C1C=CC(=O)N1c1ccc(CC(=O)N/N=C(\CO)[C@]2(O)Cc3c(O)c4c(c(O)c3[C@@H](O[C@H]3C[C@@H](N)[C@@H](O)C(C)O3)C2)C(=O)c2c(CO)cccc2C4=O)cc1. The minimum atomic E-state index is -2.19. The van der Waals surface area contributed by atoms with Crippen LogP contribution in [0.1, 0.15) is 80.0 Å². The molecule has 1 fully saturated rings. The zero-order valence-electron chi connectivity index (χ0n) is 30.1. The Morgan fingerprint density at radius 2 is 1.77 bits per heavy atom. The number of hydrazone groups is 1. The molecule has 3 aromatic carbocycles. The number of nitrogens with zero attached hydrogens (tertiary/aromatic N) is 2. The number of nitrogens with one attached hydrogen (secondary N) is 1. The lowest BCUT2D eigenvalue weighted by Gasteiger charge is -2.43. The molecule has 7 rings (SSSR count). The summed E-state index contributed by atoms with van der Waals surface area (Å²) >= 11 is 0. The molecule has 0 bridgehead atoms. The van der Waals surface area contributed by atoms with Gasteiger partial charge in [0.1, 0.15) is 17.1 Å². The van der Waals surface area contributed by atoms with Crippen LogP contribution < -0.4 is 16.1 Å². The van der Waals surface area contributed by atoms with Gasteiger partial charge in [-0.1, -0.05) is 36.9 Å². The van der Waals surface area contributed by atoms with Gasteiger partial charge in [0.2, 0.25) is 5.91 Å². The molecule has 2 aliphatic heterocycles. The summed E-state index contributed by atoms with van der Waals surface area (Å²) in [5, 5.41) is 70.7. The lowest BCUT2D eigenvalue weighted by atomic mass is 9.71. The van der Waals surface area contributed by atoms with Gasteiger partial charge in [-0.3, -0.25) is 24.1 Å². The molecule has 1 unspecified atom stereocenters. The largest absolute Gasteiger partial charge is 0.507 e. The predicted octanol–water partition coefficient (Wildman–Crippen LogP) is 1.05. The number of benzene rings is 3. The van der Waals surface area contributed by atoms with E-state index in [-0.39, 0.29) is 52.3 Å². The summed E-state index contributed by atoms with van der Waals surface area (Å²) in [5.41, 5.74) is 6.02. The van der Waals surface area contributed by atoms with Gasteiger partial charge in [-0.05, 0) is 36.3 Å². The van der Waals surface area contributed by atoms with Crippen LogP contribution in [0.5, 0.6) is 11.5 Å². The zero-order valence-corrected chi connectivity index (χ0v) is 30.1. The highest BCUT2D eigenvalue weighted by Crippen LogP contribution is 2.52. The molecule has 16 nitrogen and oxygen atoms in total. The summed E-state index contributed by atoms with van der Waals surface area (Å²) in [5.74, 6) is -3.97. The number of anilines is 1. The average Bonchev–Trinajstić information content (AvgIpc) is 3.50. The Bertz CT molecular complexity index is 2200. The van der Waals surface area contributed by atoms with Crippen molar-refractivity contribution in [3.05, 3.63) is 111 Å². The van der Waals surface area contributed by atoms with Crippen LogP contribution in [0.15, 0.2) is 72.0 Å². The number of amides is 2. The van der Waals surface area contributed by atoms with Gasteiger partial charge in [0.05, 0.1) is 54.8 Å². The summed E-state index contributed by atoms with van der Waals surface area (Å²) in [6.45, 7) is 3.93. The Hall–Kier alpha value is -5.59. The number of aromatic hydroxyl groups is 2. The second kappa shape index (κ2) is 14.8. The van der Waals surface area contributed by atoms with Crippen LogP contribution in [-0.2, 0) is 38.5 Å². The molecule has 292 valence electrons. The maximum absolute atomic E-state index is 14.0. The highest BCUT2D eigenvalue weighted by molar-refractivity contribution is 6.31. The molecule has 0 saturated carbocycles. The Morgan fingerprint density at radius 1 is 1.05 bits per heavy atom. The molecule has 3 aromatic rings. The van der Waals surface area contributed by atoms with Crippen molar-refractivity contribution >= 4 is 34.8 Å². The molecule has 16 heteroatoms. The van der Waals surface area contributed by atoms with E-state index in [4.69, 9.17) is 15.2 Å². The van der Waals surface area contributed by atoms with Crippen LogP contribution in [0, 0.1) is 0 Å². The summed E-state index contributed by atoms with van der Waals surface area (Å²) < 4.78 is 12.1. The Labute approximate surface area is 319 Å². The van der Waals surface area contributed by atoms with Crippen molar-refractivity contribution in [3.8, 4) is 11.5 Å². The zero-order chi connectivity index (χ0) is 40.2. The molecule has 6 atom stereocenters. The lowest BCUT2D eigenvalue weighted by molar-refractivity contribution is -0.245. The number of carbonyl (C=O) groups excluding carboxylic acids is 4. The maximum atomic E-state index is 14.0. The lowest BCUT2D eigenvalue weighted by Crippen LogP contribution is -2.53. The first-order chi connectivity index (χ1) is 26.7. The van der Waals surface area contributed by atoms with Crippen LogP contribution in [0.4, 0.5) is 5.69 Å². The summed E-state index contributed by atoms with van der Waals surface area (Å²) in [6, 6.07) is 10.1. The van der Waals surface area contributed by atoms with Crippen molar-refractivity contribution in [2.75, 3.05) is 11.5 Å². The number of hydrogen-bond donors (Lipinski definition) is 8. The molecule has 0 radical (unpaired) electrons. The highest BCUT2D eigenvalue weighted by Gasteiger charge is 2.49. The molecule has 0 aromatic heterocycles. The van der Waals surface area contributed by atoms with E-state index in [1.165, 1.54) is 29.2 Å². The number of aliphatic hydroxyl groups is 4. The first kappa shape index (κ1) is 38.7. The Morgan fingerprint density at radius 3 is 2.41 bits per heavy atom. The van der Waals surface area contributed by atoms with E-state index in [0.29, 0.717) is 16.9 Å². The van der Waals surface area contributed by atoms with Crippen LogP contribution in [0.25, 0.3) is 0 Å². The third kappa shape index (κ3) is 6.60. The fourth-order valence-corrected chi connectivity index (χ4v) is 7.83. The number of phenolic OH excluding ortho intramolecular Hbond substituents is 2. The van der Waals surface area contributed by atoms with Crippen LogP contribution in [-0.4, -0.2) is 96.5 Å². The van der Waals surface area contributed by atoms with E-state index in [1.807, 2.05) is 0 Å². The molecule has 1 saturated heterocycles. The monoisotopic (exact) mass is 768 g/mol. The fraction of sp³-hybridized carbons (Fsp3) is 0.325. The molecule has 9 N–H and O–H groups in total. The van der Waals surface area contributed by atoms with Gasteiger partial charge in [0.25, 0.3) is 5.91 Å². The minimum Gasteiger partial charge on any atom is -0.507 e. The van der Waals surface area contributed by atoms with Crippen LogP contribution >= 0.6 is 0 Å². The van der Waals surface area contributed by atoms with Crippen molar-refractivity contribution in [1.29, 1.82) is 0 Å². The van der Waals surface area contributed by atoms with Crippen molar-refractivity contribution in [2.24, 2.45) is 10.8 Å². The average molecular weight is 769 g/mol. The first-order valence-corrected chi connectivity index (χ1v) is 17.8. The van der Waals surface area contributed by atoms with E-state index >= 15 is 0 Å². The molecular formula is C40H40N4O12. The van der Waals surface area contributed by atoms with Gasteiger partial charge in [-0.2, -0.15) is 5.10 Å². The van der Waals surface area contributed by atoms with E-state index in [2.05, 4.69) is 17.1 Å². The smallest absolute Gasteiger partial charge is 0.255 e. The quantitative estimate of drug-likeness (QED) is 0.0674.